The van der Waals surface area contributed by atoms with Gasteiger partial charge in [0.2, 0.25) is 0 Å². The summed E-state index contributed by atoms with van der Waals surface area (Å²) in [4.78, 5) is 15.2. The number of nitrogens with zero attached hydrogens (tertiary/aromatic N) is 1. The molecular weight excluding hydrogens is 429 g/mol. The Bertz CT molecular complexity index is 1110. The van der Waals surface area contributed by atoms with Crippen LogP contribution in [0.4, 0.5) is 0 Å². The topological polar surface area (TPSA) is 67.6 Å². The van der Waals surface area contributed by atoms with Crippen LogP contribution in [0.3, 0.4) is 0 Å². The molecule has 1 aliphatic heterocycles. The number of hydrogen-bond donors (Lipinski definition) is 0. The SMILES string of the molecule is O=C(c1sc2cccc(Cl)c2c1Cl)N(Cc1ccco1)C1CCS(=O)(=O)C1. The van der Waals surface area contributed by atoms with E-state index in [1.807, 2.05) is 6.07 Å². The lowest BCUT2D eigenvalue weighted by Gasteiger charge is -2.27. The van der Waals surface area contributed by atoms with Crippen LogP contribution in [0, 0.1) is 0 Å². The average Bonchev–Trinajstić information content (AvgIpc) is 3.32. The second-order valence-corrected chi connectivity index (χ2v) is 10.5. The van der Waals surface area contributed by atoms with E-state index in [0.29, 0.717) is 32.5 Å². The van der Waals surface area contributed by atoms with Gasteiger partial charge in [-0.05, 0) is 30.7 Å². The van der Waals surface area contributed by atoms with Gasteiger partial charge in [0, 0.05) is 16.1 Å². The second-order valence-electron chi connectivity index (χ2n) is 6.43. The highest BCUT2D eigenvalue weighted by atomic mass is 35.5. The molecule has 1 saturated heterocycles. The first-order chi connectivity index (χ1) is 12.9. The van der Waals surface area contributed by atoms with Crippen LogP contribution < -0.4 is 0 Å². The van der Waals surface area contributed by atoms with Crippen molar-refractivity contribution in [2.45, 2.75) is 19.0 Å². The summed E-state index contributed by atoms with van der Waals surface area (Å²) in [5, 5.41) is 1.43. The number of benzene rings is 1. The first-order valence-corrected chi connectivity index (χ1v) is 11.7. The fourth-order valence-corrected chi connectivity index (χ4v) is 6.93. The fourth-order valence-electron chi connectivity index (χ4n) is 3.30. The van der Waals surface area contributed by atoms with Gasteiger partial charge in [-0.2, -0.15) is 0 Å². The molecule has 3 aromatic rings. The first kappa shape index (κ1) is 18.8. The van der Waals surface area contributed by atoms with Crippen molar-refractivity contribution in [3.8, 4) is 0 Å². The zero-order chi connectivity index (χ0) is 19.2. The van der Waals surface area contributed by atoms with Gasteiger partial charge in [0.15, 0.2) is 9.84 Å². The third-order valence-corrected chi connectivity index (χ3v) is 8.32. The molecule has 5 nitrogen and oxygen atoms in total. The Hall–Kier alpha value is -1.54. The smallest absolute Gasteiger partial charge is 0.266 e. The summed E-state index contributed by atoms with van der Waals surface area (Å²) in [7, 11) is -3.15. The summed E-state index contributed by atoms with van der Waals surface area (Å²) in [6, 6.07) is 8.45. The minimum Gasteiger partial charge on any atom is -0.467 e. The number of halogens is 2. The van der Waals surface area contributed by atoms with Crippen LogP contribution in [-0.4, -0.2) is 36.8 Å². The van der Waals surface area contributed by atoms with Gasteiger partial charge in [-0.1, -0.05) is 29.3 Å². The lowest BCUT2D eigenvalue weighted by Crippen LogP contribution is -2.40. The Balaban J connectivity index is 1.74. The van der Waals surface area contributed by atoms with Crippen LogP contribution in [0.1, 0.15) is 21.9 Å². The minimum atomic E-state index is -3.15. The van der Waals surface area contributed by atoms with E-state index in [-0.39, 0.29) is 24.0 Å². The van der Waals surface area contributed by atoms with Crippen molar-refractivity contribution < 1.29 is 17.6 Å². The van der Waals surface area contributed by atoms with Crippen molar-refractivity contribution in [3.63, 3.8) is 0 Å². The molecule has 0 spiro atoms. The molecule has 27 heavy (non-hydrogen) atoms. The van der Waals surface area contributed by atoms with Gasteiger partial charge in [-0.15, -0.1) is 11.3 Å². The molecule has 0 bridgehead atoms. The third-order valence-electron chi connectivity index (χ3n) is 4.62. The summed E-state index contributed by atoms with van der Waals surface area (Å²) in [6.45, 7) is 0.185. The molecule has 1 atom stereocenters. The Morgan fingerprint density at radius 3 is 2.70 bits per heavy atom. The van der Waals surface area contributed by atoms with Crippen LogP contribution in [0.15, 0.2) is 41.0 Å². The first-order valence-electron chi connectivity index (χ1n) is 8.26. The van der Waals surface area contributed by atoms with Crippen LogP contribution in [0.25, 0.3) is 10.1 Å². The Labute approximate surface area is 170 Å². The largest absolute Gasteiger partial charge is 0.467 e. The monoisotopic (exact) mass is 443 g/mol. The lowest BCUT2D eigenvalue weighted by atomic mass is 10.2. The highest BCUT2D eigenvalue weighted by Crippen LogP contribution is 2.40. The maximum absolute atomic E-state index is 13.3. The van der Waals surface area contributed by atoms with Gasteiger partial charge in [0.05, 0.1) is 34.4 Å². The van der Waals surface area contributed by atoms with Gasteiger partial charge in [-0.3, -0.25) is 4.79 Å². The van der Waals surface area contributed by atoms with E-state index in [4.69, 9.17) is 27.6 Å². The summed E-state index contributed by atoms with van der Waals surface area (Å²) >= 11 is 14.0. The van der Waals surface area contributed by atoms with Crippen LogP contribution in [-0.2, 0) is 16.4 Å². The van der Waals surface area contributed by atoms with E-state index in [1.165, 1.54) is 17.6 Å². The van der Waals surface area contributed by atoms with E-state index in [1.54, 1.807) is 29.2 Å². The molecule has 1 aromatic carbocycles. The summed E-state index contributed by atoms with van der Waals surface area (Å²) < 4.78 is 30.1. The molecule has 142 valence electrons. The van der Waals surface area contributed by atoms with Gasteiger partial charge in [0.1, 0.15) is 10.6 Å². The summed E-state index contributed by atoms with van der Waals surface area (Å²) in [5.41, 5.74) is 0. The van der Waals surface area contributed by atoms with Crippen molar-refractivity contribution in [1.82, 2.24) is 4.90 Å². The number of hydrogen-bond acceptors (Lipinski definition) is 5. The molecule has 1 amide bonds. The molecule has 0 saturated carbocycles. The zero-order valence-corrected chi connectivity index (χ0v) is 17.2. The lowest BCUT2D eigenvalue weighted by molar-refractivity contribution is 0.0671. The van der Waals surface area contributed by atoms with E-state index in [2.05, 4.69) is 0 Å². The Morgan fingerprint density at radius 2 is 2.07 bits per heavy atom. The standard InChI is InChI=1S/C18H15Cl2NO4S2/c19-13-4-1-5-14-15(13)16(20)17(26-14)18(22)21(9-12-3-2-7-25-12)11-6-8-27(23,24)10-11/h1-5,7,11H,6,8-10H2. The maximum Gasteiger partial charge on any atom is 0.266 e. The second kappa shape index (κ2) is 7.13. The van der Waals surface area contributed by atoms with Crippen LogP contribution in [0.5, 0.6) is 0 Å². The Morgan fingerprint density at radius 1 is 1.26 bits per heavy atom. The number of thiophene rings is 1. The maximum atomic E-state index is 13.3. The molecule has 1 aliphatic rings. The molecule has 4 rings (SSSR count). The number of rotatable bonds is 4. The van der Waals surface area contributed by atoms with E-state index in [0.717, 1.165) is 4.70 Å². The number of fused-ring (bicyclic) bond motifs is 1. The van der Waals surface area contributed by atoms with Gasteiger partial charge < -0.3 is 9.32 Å². The number of amides is 1. The number of sulfone groups is 1. The molecule has 0 N–H and O–H groups in total. The minimum absolute atomic E-state index is 0.0529. The van der Waals surface area contributed by atoms with Gasteiger partial charge in [0.25, 0.3) is 5.91 Å². The predicted molar refractivity (Wildman–Crippen MR) is 107 cm³/mol. The molecule has 9 heteroatoms. The zero-order valence-electron chi connectivity index (χ0n) is 14.0. The molecule has 1 unspecified atom stereocenters. The van der Waals surface area contributed by atoms with Crippen molar-refractivity contribution in [2.24, 2.45) is 0 Å². The van der Waals surface area contributed by atoms with E-state index >= 15 is 0 Å². The van der Waals surface area contributed by atoms with Crippen LogP contribution in [0.2, 0.25) is 10.0 Å². The van der Waals surface area contributed by atoms with Gasteiger partial charge >= 0.3 is 0 Å². The normalized spacial score (nSPS) is 18.8. The van der Waals surface area contributed by atoms with Gasteiger partial charge in [-0.25, -0.2) is 8.42 Å². The van der Waals surface area contributed by atoms with Crippen molar-refractivity contribution in [2.75, 3.05) is 11.5 Å². The third kappa shape index (κ3) is 3.61. The molecule has 1 fully saturated rings. The molecule has 0 radical (unpaired) electrons. The highest BCUT2D eigenvalue weighted by molar-refractivity contribution is 7.91. The number of carbonyl (C=O) groups is 1. The molecule has 2 aromatic heterocycles. The van der Waals surface area contributed by atoms with Crippen molar-refractivity contribution in [1.29, 1.82) is 0 Å². The number of carbonyl (C=O) groups excluding carboxylic acids is 1. The van der Waals surface area contributed by atoms with Crippen LogP contribution >= 0.6 is 34.5 Å². The van der Waals surface area contributed by atoms with E-state index < -0.39 is 15.9 Å². The Kier molecular flexibility index (Phi) is 4.96. The van der Waals surface area contributed by atoms with E-state index in [9.17, 15) is 13.2 Å². The number of furan rings is 1. The van der Waals surface area contributed by atoms with Crippen molar-refractivity contribution >= 4 is 60.4 Å². The molecule has 0 aliphatic carbocycles. The summed E-state index contributed by atoms with van der Waals surface area (Å²) in [5.74, 6) is 0.299. The fraction of sp³-hybridized carbons (Fsp3) is 0.278. The quantitative estimate of drug-likeness (QED) is 0.589. The summed E-state index contributed by atoms with van der Waals surface area (Å²) in [6.07, 6.45) is 1.92. The van der Waals surface area contributed by atoms with Crippen molar-refractivity contribution in [3.05, 3.63) is 57.3 Å². The predicted octanol–water partition coefficient (Wildman–Crippen LogP) is 4.63. The average molecular weight is 444 g/mol. The highest BCUT2D eigenvalue weighted by Gasteiger charge is 2.36. The molecular formula is C18H15Cl2NO4S2. The molecule has 3 heterocycles.